The minimum atomic E-state index is -0.365. The first-order chi connectivity index (χ1) is 13.6. The fourth-order valence-electron chi connectivity index (χ4n) is 2.77. The van der Waals surface area contributed by atoms with Crippen LogP contribution in [-0.2, 0) is 11.3 Å². The first-order valence-corrected chi connectivity index (χ1v) is 10.4. The van der Waals surface area contributed by atoms with Gasteiger partial charge in [0, 0.05) is 23.7 Å². The van der Waals surface area contributed by atoms with Crippen molar-refractivity contribution in [1.82, 2.24) is 4.57 Å². The lowest BCUT2D eigenvalue weighted by molar-refractivity contribution is 0.0993. The Morgan fingerprint density at radius 1 is 1.18 bits per heavy atom. The van der Waals surface area contributed by atoms with Crippen LogP contribution in [-0.4, -0.2) is 37.9 Å². The van der Waals surface area contributed by atoms with E-state index in [2.05, 4.69) is 20.9 Å². The van der Waals surface area contributed by atoms with Crippen molar-refractivity contribution in [2.24, 2.45) is 4.99 Å². The summed E-state index contributed by atoms with van der Waals surface area (Å²) in [5.41, 5.74) is 1.40. The van der Waals surface area contributed by atoms with E-state index in [-0.39, 0.29) is 5.91 Å². The third-order valence-corrected chi connectivity index (χ3v) is 5.68. The number of carbonyl (C=O) groups is 1. The lowest BCUT2D eigenvalue weighted by Crippen LogP contribution is -2.20. The minimum Gasteiger partial charge on any atom is -0.497 e. The summed E-state index contributed by atoms with van der Waals surface area (Å²) in [6.45, 7) is 3.76. The zero-order valence-electron chi connectivity index (χ0n) is 15.9. The largest absolute Gasteiger partial charge is 0.497 e. The predicted octanol–water partition coefficient (Wildman–Crippen LogP) is 4.26. The maximum absolute atomic E-state index is 12.9. The first kappa shape index (κ1) is 20.6. The van der Waals surface area contributed by atoms with Gasteiger partial charge in [0.15, 0.2) is 4.80 Å². The number of thiazole rings is 1. The van der Waals surface area contributed by atoms with E-state index in [1.807, 2.05) is 29.7 Å². The molecule has 0 atom stereocenters. The Morgan fingerprint density at radius 2 is 2.00 bits per heavy atom. The Morgan fingerprint density at radius 3 is 2.71 bits per heavy atom. The predicted molar refractivity (Wildman–Crippen MR) is 113 cm³/mol. The van der Waals surface area contributed by atoms with E-state index >= 15 is 0 Å². The number of hydrogen-bond acceptors (Lipinski definition) is 5. The van der Waals surface area contributed by atoms with Crippen LogP contribution in [0.5, 0.6) is 11.5 Å². The third kappa shape index (κ3) is 4.45. The van der Waals surface area contributed by atoms with E-state index in [9.17, 15) is 4.79 Å². The summed E-state index contributed by atoms with van der Waals surface area (Å²) in [6, 6.07) is 11.1. The quantitative estimate of drug-likeness (QED) is 0.490. The van der Waals surface area contributed by atoms with Crippen molar-refractivity contribution in [3.63, 3.8) is 0 Å². The van der Waals surface area contributed by atoms with Gasteiger partial charge in [0.25, 0.3) is 5.91 Å². The van der Waals surface area contributed by atoms with Gasteiger partial charge in [-0.1, -0.05) is 27.3 Å². The van der Waals surface area contributed by atoms with Crippen molar-refractivity contribution < 1.29 is 19.0 Å². The maximum atomic E-state index is 12.9. The molecule has 0 unspecified atom stereocenters. The molecule has 3 aromatic rings. The van der Waals surface area contributed by atoms with Gasteiger partial charge in [-0.25, -0.2) is 0 Å². The number of hydrogen-bond donors (Lipinski definition) is 0. The number of rotatable bonds is 7. The second-order valence-electron chi connectivity index (χ2n) is 5.83. The van der Waals surface area contributed by atoms with Crippen LogP contribution in [0.15, 0.2) is 45.9 Å². The van der Waals surface area contributed by atoms with E-state index in [4.69, 9.17) is 14.2 Å². The molecule has 148 valence electrons. The lowest BCUT2D eigenvalue weighted by Gasteiger charge is -2.08. The molecule has 0 bridgehead atoms. The summed E-state index contributed by atoms with van der Waals surface area (Å²) in [5, 5.41) is 0. The standard InChI is InChI=1S/C20H21BrN2O4S/c1-4-27-10-9-23-16-8-5-13(21)11-18(16)28-20(23)22-19(24)15-7-6-14(25-2)12-17(15)26-3/h5-8,11-12H,4,9-10H2,1-3H3. The molecule has 0 radical (unpaired) electrons. The summed E-state index contributed by atoms with van der Waals surface area (Å²) < 4.78 is 20.1. The van der Waals surface area contributed by atoms with Gasteiger partial charge < -0.3 is 18.8 Å². The van der Waals surface area contributed by atoms with Crippen LogP contribution in [0.2, 0.25) is 0 Å². The molecule has 0 N–H and O–H groups in total. The molecule has 1 aromatic heterocycles. The van der Waals surface area contributed by atoms with E-state index < -0.39 is 0 Å². The second kappa shape index (κ2) is 9.36. The molecule has 1 amide bonds. The highest BCUT2D eigenvalue weighted by atomic mass is 79.9. The number of aromatic nitrogens is 1. The molecule has 0 aliphatic carbocycles. The average molecular weight is 465 g/mol. The van der Waals surface area contributed by atoms with Gasteiger partial charge >= 0.3 is 0 Å². The number of carbonyl (C=O) groups excluding carboxylic acids is 1. The zero-order chi connectivity index (χ0) is 20.1. The van der Waals surface area contributed by atoms with Gasteiger partial charge in [-0.3, -0.25) is 4.79 Å². The van der Waals surface area contributed by atoms with Crippen LogP contribution in [0, 0.1) is 0 Å². The van der Waals surface area contributed by atoms with Gasteiger partial charge in [-0.15, -0.1) is 0 Å². The fraction of sp³-hybridized carbons (Fsp3) is 0.300. The molecule has 0 aliphatic heterocycles. The number of benzene rings is 2. The van der Waals surface area contributed by atoms with Gasteiger partial charge in [-0.2, -0.15) is 4.99 Å². The zero-order valence-corrected chi connectivity index (χ0v) is 18.3. The molecule has 0 aliphatic rings. The highest BCUT2D eigenvalue weighted by molar-refractivity contribution is 9.10. The number of nitrogens with zero attached hydrogens (tertiary/aromatic N) is 2. The van der Waals surface area contributed by atoms with Crippen molar-refractivity contribution in [3.05, 3.63) is 51.2 Å². The van der Waals surface area contributed by atoms with Gasteiger partial charge in [0.05, 0.1) is 36.6 Å². The molecule has 0 saturated heterocycles. The van der Waals surface area contributed by atoms with E-state index in [0.717, 1.165) is 14.7 Å². The second-order valence-corrected chi connectivity index (χ2v) is 7.75. The van der Waals surface area contributed by atoms with Gasteiger partial charge in [0.1, 0.15) is 11.5 Å². The van der Waals surface area contributed by atoms with Crippen LogP contribution in [0.1, 0.15) is 17.3 Å². The highest BCUT2D eigenvalue weighted by Crippen LogP contribution is 2.26. The fourth-order valence-corrected chi connectivity index (χ4v) is 4.38. The van der Waals surface area contributed by atoms with Crippen molar-refractivity contribution in [3.8, 4) is 11.5 Å². The van der Waals surface area contributed by atoms with Crippen LogP contribution in [0.4, 0.5) is 0 Å². The normalized spacial score (nSPS) is 11.8. The van der Waals surface area contributed by atoms with Gasteiger partial charge in [0.2, 0.25) is 0 Å². The number of ether oxygens (including phenoxy) is 3. The smallest absolute Gasteiger partial charge is 0.283 e. The van der Waals surface area contributed by atoms with Gasteiger partial charge in [-0.05, 0) is 37.3 Å². The number of amides is 1. The van der Waals surface area contributed by atoms with Crippen LogP contribution >= 0.6 is 27.3 Å². The number of methoxy groups -OCH3 is 2. The Kier molecular flexibility index (Phi) is 6.88. The number of fused-ring (bicyclic) bond motifs is 1. The Balaban J connectivity index is 2.07. The molecule has 28 heavy (non-hydrogen) atoms. The highest BCUT2D eigenvalue weighted by Gasteiger charge is 2.14. The van der Waals surface area contributed by atoms with Crippen molar-refractivity contribution in [2.45, 2.75) is 13.5 Å². The molecule has 0 saturated carbocycles. The van der Waals surface area contributed by atoms with Crippen molar-refractivity contribution in [1.29, 1.82) is 0 Å². The third-order valence-electron chi connectivity index (χ3n) is 4.14. The monoisotopic (exact) mass is 464 g/mol. The van der Waals surface area contributed by atoms with Crippen molar-refractivity contribution >= 4 is 43.4 Å². The lowest BCUT2D eigenvalue weighted by atomic mass is 10.2. The molecule has 8 heteroatoms. The van der Waals surface area contributed by atoms with E-state index in [1.165, 1.54) is 18.4 Å². The van der Waals surface area contributed by atoms with Crippen LogP contribution in [0.3, 0.4) is 0 Å². The Labute approximate surface area is 175 Å². The summed E-state index contributed by atoms with van der Waals surface area (Å²) >= 11 is 4.96. The molecule has 3 rings (SSSR count). The summed E-state index contributed by atoms with van der Waals surface area (Å²) in [4.78, 5) is 17.9. The summed E-state index contributed by atoms with van der Waals surface area (Å²) in [7, 11) is 3.09. The number of halogens is 1. The molecule has 1 heterocycles. The Hall–Kier alpha value is -2.16. The average Bonchev–Trinajstić information content (AvgIpc) is 3.03. The molecule has 0 fully saturated rings. The molecule has 2 aromatic carbocycles. The topological polar surface area (TPSA) is 62.1 Å². The maximum Gasteiger partial charge on any atom is 0.283 e. The summed E-state index contributed by atoms with van der Waals surface area (Å²) in [6.07, 6.45) is 0. The molecular formula is C20H21BrN2O4S. The summed E-state index contributed by atoms with van der Waals surface area (Å²) in [5.74, 6) is 0.681. The van der Waals surface area contributed by atoms with E-state index in [0.29, 0.717) is 41.6 Å². The van der Waals surface area contributed by atoms with Crippen LogP contribution in [0.25, 0.3) is 10.2 Å². The SMILES string of the molecule is CCOCCn1c(=NC(=O)c2ccc(OC)cc2OC)sc2cc(Br)ccc21. The molecule has 6 nitrogen and oxygen atoms in total. The molecular weight excluding hydrogens is 444 g/mol. The Bertz CT molecular complexity index is 1060. The van der Waals surface area contributed by atoms with Crippen molar-refractivity contribution in [2.75, 3.05) is 27.4 Å². The minimum absolute atomic E-state index is 0.365. The first-order valence-electron chi connectivity index (χ1n) is 8.75. The molecule has 0 spiro atoms. The van der Waals surface area contributed by atoms with Crippen LogP contribution < -0.4 is 14.3 Å². The van der Waals surface area contributed by atoms with E-state index in [1.54, 1.807) is 25.3 Å².